The van der Waals surface area contributed by atoms with Gasteiger partial charge in [0.2, 0.25) is 0 Å². The fourth-order valence-electron chi connectivity index (χ4n) is 3.00. The number of pyridine rings is 1. The van der Waals surface area contributed by atoms with Crippen molar-refractivity contribution in [3.05, 3.63) is 34.2 Å². The Hall–Kier alpha value is -2.30. The van der Waals surface area contributed by atoms with Crippen molar-refractivity contribution in [2.24, 2.45) is 0 Å². The minimum absolute atomic E-state index is 0.301. The van der Waals surface area contributed by atoms with Gasteiger partial charge in [-0.2, -0.15) is 5.26 Å². The van der Waals surface area contributed by atoms with E-state index in [4.69, 9.17) is 21.3 Å². The van der Waals surface area contributed by atoms with Crippen molar-refractivity contribution >= 4 is 34.8 Å². The van der Waals surface area contributed by atoms with Gasteiger partial charge in [-0.1, -0.05) is 11.6 Å². The van der Waals surface area contributed by atoms with Crippen molar-refractivity contribution in [2.75, 3.05) is 31.1 Å². The predicted molar refractivity (Wildman–Crippen MR) is 112 cm³/mol. The topological polar surface area (TPSA) is 69.5 Å². The Morgan fingerprint density at radius 1 is 1.21 bits per heavy atom. The van der Waals surface area contributed by atoms with Crippen LogP contribution < -0.4 is 4.90 Å². The number of nitrogens with zero attached hydrogens (tertiary/aromatic N) is 4. The summed E-state index contributed by atoms with van der Waals surface area (Å²) in [5, 5.41) is 9.53. The lowest BCUT2D eigenvalue weighted by Gasteiger charge is -2.27. The summed E-state index contributed by atoms with van der Waals surface area (Å²) in [5.41, 5.74) is 0.797. The molecule has 0 saturated carbocycles. The number of carbonyl (C=O) groups is 1. The molecule has 6 nitrogen and oxygen atoms in total. The van der Waals surface area contributed by atoms with Crippen molar-refractivity contribution in [3.8, 4) is 16.6 Å². The first-order valence-electron chi connectivity index (χ1n) is 9.16. The van der Waals surface area contributed by atoms with Gasteiger partial charge in [0, 0.05) is 26.2 Å². The molecule has 1 amide bonds. The Balaban J connectivity index is 1.79. The molecular weight excluding hydrogens is 396 g/mol. The Labute approximate surface area is 174 Å². The van der Waals surface area contributed by atoms with E-state index in [0.717, 1.165) is 23.5 Å². The number of nitriles is 1. The van der Waals surface area contributed by atoms with Crippen molar-refractivity contribution in [3.63, 3.8) is 0 Å². The maximum atomic E-state index is 12.4. The number of amides is 1. The van der Waals surface area contributed by atoms with Crippen molar-refractivity contribution in [1.82, 2.24) is 9.88 Å². The van der Waals surface area contributed by atoms with Crippen LogP contribution >= 0.6 is 22.9 Å². The molecule has 0 N–H and O–H groups in total. The molecule has 1 aliphatic rings. The molecule has 1 aliphatic heterocycles. The van der Waals surface area contributed by atoms with Gasteiger partial charge < -0.3 is 14.5 Å². The normalized spacial score (nSPS) is 15.1. The molecule has 28 heavy (non-hydrogen) atoms. The lowest BCUT2D eigenvalue weighted by Crippen LogP contribution is -2.39. The lowest BCUT2D eigenvalue weighted by atomic mass is 10.2. The lowest BCUT2D eigenvalue weighted by molar-refractivity contribution is 0.0263. The van der Waals surface area contributed by atoms with Crippen LogP contribution in [0, 0.1) is 11.3 Å². The number of rotatable bonds is 2. The Morgan fingerprint density at radius 3 is 2.64 bits per heavy atom. The van der Waals surface area contributed by atoms with Crippen LogP contribution in [0.25, 0.3) is 10.6 Å². The second-order valence-electron chi connectivity index (χ2n) is 7.59. The zero-order chi connectivity index (χ0) is 20.3. The van der Waals surface area contributed by atoms with Gasteiger partial charge in [0.25, 0.3) is 0 Å². The highest BCUT2D eigenvalue weighted by Crippen LogP contribution is 2.32. The van der Waals surface area contributed by atoms with Crippen LogP contribution in [0.1, 0.15) is 32.8 Å². The van der Waals surface area contributed by atoms with E-state index in [1.807, 2.05) is 39.0 Å². The Morgan fingerprint density at radius 2 is 2.00 bits per heavy atom. The minimum Gasteiger partial charge on any atom is -0.444 e. The van der Waals surface area contributed by atoms with Gasteiger partial charge in [-0.3, -0.25) is 0 Å². The van der Waals surface area contributed by atoms with Crippen LogP contribution in [0.4, 0.5) is 10.6 Å². The van der Waals surface area contributed by atoms with Crippen LogP contribution in [-0.2, 0) is 4.74 Å². The van der Waals surface area contributed by atoms with Gasteiger partial charge in [0.05, 0.1) is 20.5 Å². The fraction of sp³-hybridized carbons (Fsp3) is 0.450. The van der Waals surface area contributed by atoms with E-state index in [0.29, 0.717) is 35.4 Å². The molecule has 0 unspecified atom stereocenters. The quantitative estimate of drug-likeness (QED) is 0.701. The Kier molecular flexibility index (Phi) is 6.11. The SMILES string of the molecule is CC(C)(C)OC(=O)N1CCCN(c2nc(-c3ccc(Cl)s3)ccc2C#N)CC1. The second-order valence-corrected chi connectivity index (χ2v) is 9.31. The van der Waals surface area contributed by atoms with Crippen molar-refractivity contribution < 1.29 is 9.53 Å². The molecule has 0 bridgehead atoms. The number of aromatic nitrogens is 1. The van der Waals surface area contributed by atoms with Gasteiger partial charge in [0.1, 0.15) is 17.5 Å². The number of carbonyl (C=O) groups excluding carboxylic acids is 1. The van der Waals surface area contributed by atoms with Crippen LogP contribution in [-0.4, -0.2) is 47.8 Å². The summed E-state index contributed by atoms with van der Waals surface area (Å²) >= 11 is 7.50. The van der Waals surface area contributed by atoms with Crippen molar-refractivity contribution in [1.29, 1.82) is 5.26 Å². The third-order valence-corrected chi connectivity index (χ3v) is 5.52. The summed E-state index contributed by atoms with van der Waals surface area (Å²) in [6.45, 7) is 8.04. The minimum atomic E-state index is -0.519. The van der Waals surface area contributed by atoms with Gasteiger partial charge in [0.15, 0.2) is 0 Å². The molecule has 0 aromatic carbocycles. The smallest absolute Gasteiger partial charge is 0.410 e. The van der Waals surface area contributed by atoms with E-state index in [1.54, 1.807) is 11.0 Å². The van der Waals surface area contributed by atoms with E-state index in [1.165, 1.54) is 11.3 Å². The molecule has 0 atom stereocenters. The highest BCUT2D eigenvalue weighted by atomic mass is 35.5. The summed E-state index contributed by atoms with van der Waals surface area (Å²) in [6.07, 6.45) is 0.478. The summed E-state index contributed by atoms with van der Waals surface area (Å²) in [4.78, 5) is 21.9. The molecule has 1 saturated heterocycles. The molecule has 0 radical (unpaired) electrons. The average molecular weight is 419 g/mol. The number of hydrogen-bond donors (Lipinski definition) is 0. The van der Waals surface area contributed by atoms with Gasteiger partial charge in [-0.05, 0) is 51.5 Å². The molecule has 2 aromatic heterocycles. The first-order chi connectivity index (χ1) is 13.3. The van der Waals surface area contributed by atoms with E-state index in [2.05, 4.69) is 11.0 Å². The van der Waals surface area contributed by atoms with E-state index in [-0.39, 0.29) is 6.09 Å². The number of anilines is 1. The van der Waals surface area contributed by atoms with Gasteiger partial charge in [-0.15, -0.1) is 11.3 Å². The zero-order valence-corrected chi connectivity index (χ0v) is 17.8. The average Bonchev–Trinajstić information content (AvgIpc) is 2.91. The maximum absolute atomic E-state index is 12.4. The third-order valence-electron chi connectivity index (χ3n) is 4.27. The summed E-state index contributed by atoms with van der Waals surface area (Å²) in [5.74, 6) is 0.649. The van der Waals surface area contributed by atoms with E-state index < -0.39 is 5.60 Å². The van der Waals surface area contributed by atoms with Crippen LogP contribution in [0.15, 0.2) is 24.3 Å². The Bertz CT molecular complexity index is 900. The molecule has 3 heterocycles. The first kappa shape index (κ1) is 20.4. The van der Waals surface area contributed by atoms with Gasteiger partial charge in [-0.25, -0.2) is 9.78 Å². The van der Waals surface area contributed by atoms with Crippen molar-refractivity contribution in [2.45, 2.75) is 32.8 Å². The van der Waals surface area contributed by atoms with E-state index >= 15 is 0 Å². The predicted octanol–water partition coefficient (Wildman–Crippen LogP) is 4.78. The summed E-state index contributed by atoms with van der Waals surface area (Å²) in [7, 11) is 0. The number of halogens is 1. The fourth-order valence-corrected chi connectivity index (χ4v) is 4.02. The molecule has 0 spiro atoms. The summed E-state index contributed by atoms with van der Waals surface area (Å²) in [6, 6.07) is 9.63. The standard InChI is InChI=1S/C20H23ClN4O2S/c1-20(2,3)27-19(26)25-10-4-9-24(11-12-25)18-14(13-22)5-6-15(23-18)16-7-8-17(21)28-16/h5-8H,4,9-12H2,1-3H3. The van der Waals surface area contributed by atoms with Gasteiger partial charge >= 0.3 is 6.09 Å². The largest absolute Gasteiger partial charge is 0.444 e. The monoisotopic (exact) mass is 418 g/mol. The molecule has 148 valence electrons. The maximum Gasteiger partial charge on any atom is 0.410 e. The number of ether oxygens (including phenoxy) is 1. The van der Waals surface area contributed by atoms with E-state index in [9.17, 15) is 10.1 Å². The zero-order valence-electron chi connectivity index (χ0n) is 16.2. The molecule has 1 fully saturated rings. The third kappa shape index (κ3) is 4.94. The molecule has 3 rings (SSSR count). The highest BCUT2D eigenvalue weighted by molar-refractivity contribution is 7.19. The number of thiophene rings is 1. The second kappa shape index (κ2) is 8.38. The summed E-state index contributed by atoms with van der Waals surface area (Å²) < 4.78 is 6.19. The first-order valence-corrected chi connectivity index (χ1v) is 10.4. The molecule has 8 heteroatoms. The van der Waals surface area contributed by atoms with Crippen LogP contribution in [0.3, 0.4) is 0 Å². The molecule has 0 aliphatic carbocycles. The molecule has 2 aromatic rings. The molecular formula is C20H23ClN4O2S. The van der Waals surface area contributed by atoms with Crippen LogP contribution in [0.5, 0.6) is 0 Å². The highest BCUT2D eigenvalue weighted by Gasteiger charge is 2.25. The number of hydrogen-bond acceptors (Lipinski definition) is 6. The van der Waals surface area contributed by atoms with Crippen LogP contribution in [0.2, 0.25) is 4.34 Å².